The smallest absolute Gasteiger partial charge is 0.244 e. The highest BCUT2D eigenvalue weighted by Crippen LogP contribution is 2.37. The van der Waals surface area contributed by atoms with Gasteiger partial charge >= 0.3 is 0 Å². The second kappa shape index (κ2) is 10.8. The summed E-state index contributed by atoms with van der Waals surface area (Å²) >= 11 is 1.64. The van der Waals surface area contributed by atoms with Crippen molar-refractivity contribution in [3.63, 3.8) is 0 Å². The molecule has 1 aromatic heterocycles. The average Bonchev–Trinajstić information content (AvgIpc) is 3.14. The number of sulfonamides is 1. The van der Waals surface area contributed by atoms with Gasteiger partial charge in [0.05, 0.1) is 12.8 Å². The summed E-state index contributed by atoms with van der Waals surface area (Å²) in [7, 11) is -2.15. The molecule has 2 aromatic carbocycles. The highest BCUT2D eigenvalue weighted by molar-refractivity contribution is 7.89. The maximum absolute atomic E-state index is 13.8. The van der Waals surface area contributed by atoms with Gasteiger partial charge < -0.3 is 10.1 Å². The van der Waals surface area contributed by atoms with E-state index in [1.54, 1.807) is 29.5 Å². The molecule has 182 valence electrons. The number of nitrogens with one attached hydrogen (secondary N) is 2. The Hall–Kier alpha value is -2.49. The summed E-state index contributed by atoms with van der Waals surface area (Å²) in [5.41, 5.74) is 3.83. The molecule has 0 saturated heterocycles. The molecule has 2 N–H and O–H groups in total. The summed E-state index contributed by atoms with van der Waals surface area (Å²) in [5, 5.41) is 4.24. The summed E-state index contributed by atoms with van der Waals surface area (Å²) in [6.07, 6.45) is 5.44. The molecule has 1 aliphatic rings. The Morgan fingerprint density at radius 1 is 1.09 bits per heavy atom. The molecule has 6 nitrogen and oxygen atoms in total. The average molecular weight is 504 g/mol. The summed E-state index contributed by atoms with van der Waals surface area (Å²) in [4.78, 5) is 6.12. The Morgan fingerprint density at radius 2 is 1.91 bits per heavy atom. The Bertz CT molecular complexity index is 1260. The molecule has 9 heteroatoms. The third-order valence-electron chi connectivity index (χ3n) is 5.90. The van der Waals surface area contributed by atoms with E-state index in [0.29, 0.717) is 12.3 Å². The molecule has 0 amide bonds. The molecule has 1 heterocycles. The lowest BCUT2D eigenvalue weighted by atomic mass is 10.0. The molecule has 0 atom stereocenters. The van der Waals surface area contributed by atoms with Gasteiger partial charge in [-0.2, -0.15) is 0 Å². The first kappa shape index (κ1) is 24.6. The van der Waals surface area contributed by atoms with Crippen LogP contribution in [0.4, 0.5) is 9.52 Å². The quantitative estimate of drug-likeness (QED) is 0.366. The Kier molecular flexibility index (Phi) is 7.85. The van der Waals surface area contributed by atoms with Gasteiger partial charge in [0.1, 0.15) is 16.5 Å². The van der Waals surface area contributed by atoms with Crippen LogP contribution in [0.25, 0.3) is 11.3 Å². The minimum atomic E-state index is -3.62. The first-order valence-electron chi connectivity index (χ1n) is 11.5. The number of rotatable bonds is 10. The van der Waals surface area contributed by atoms with Crippen LogP contribution in [0.5, 0.6) is 5.75 Å². The highest BCUT2D eigenvalue weighted by atomic mass is 32.2. The van der Waals surface area contributed by atoms with Gasteiger partial charge in [-0.15, -0.1) is 11.3 Å². The number of anilines is 1. The molecule has 0 unspecified atom stereocenters. The van der Waals surface area contributed by atoms with E-state index in [2.05, 4.69) is 10.0 Å². The number of methoxy groups -OCH3 is 1. The van der Waals surface area contributed by atoms with Crippen molar-refractivity contribution >= 4 is 26.5 Å². The molecule has 0 radical (unpaired) electrons. The summed E-state index contributed by atoms with van der Waals surface area (Å²) in [6, 6.07) is 10.1. The maximum atomic E-state index is 13.8. The number of thiazole rings is 1. The highest BCUT2D eigenvalue weighted by Gasteiger charge is 2.20. The standard InChI is InChI=1S/C25H30FN3O3S2/c1-17-9-12-21(32-2)23(15-17)34(30,31)28-14-5-3-4-13-27-25-29-24-20-16-19(26)11-10-18(20)7-6-8-22(24)33-25/h9-12,15-16,28H,3-8,13-14H2,1-2H3,(H,27,29). The van der Waals surface area contributed by atoms with Crippen molar-refractivity contribution in [2.75, 3.05) is 25.5 Å². The number of unbranched alkanes of at least 4 members (excludes halogenated alkanes) is 2. The third kappa shape index (κ3) is 5.76. The van der Waals surface area contributed by atoms with Crippen LogP contribution in [0, 0.1) is 12.7 Å². The molecule has 0 aliphatic heterocycles. The van der Waals surface area contributed by atoms with Crippen LogP contribution >= 0.6 is 11.3 Å². The number of halogens is 1. The maximum Gasteiger partial charge on any atom is 0.244 e. The predicted octanol–water partition coefficient (Wildman–Crippen LogP) is 5.32. The van der Waals surface area contributed by atoms with Crippen LogP contribution in [-0.4, -0.2) is 33.6 Å². The molecular formula is C25H30FN3O3S2. The largest absolute Gasteiger partial charge is 0.495 e. The Balaban J connectivity index is 1.24. The Labute approximate surface area is 204 Å². The first-order valence-corrected chi connectivity index (χ1v) is 13.8. The molecule has 1 aliphatic carbocycles. The zero-order valence-corrected chi connectivity index (χ0v) is 21.1. The van der Waals surface area contributed by atoms with E-state index in [-0.39, 0.29) is 10.7 Å². The molecule has 0 bridgehead atoms. The summed E-state index contributed by atoms with van der Waals surface area (Å²) < 4.78 is 47.0. The van der Waals surface area contributed by atoms with Crippen LogP contribution in [0.3, 0.4) is 0 Å². The van der Waals surface area contributed by atoms with Crippen molar-refractivity contribution in [2.24, 2.45) is 0 Å². The first-order chi connectivity index (χ1) is 16.4. The topological polar surface area (TPSA) is 80.3 Å². The van der Waals surface area contributed by atoms with Gasteiger partial charge in [0.2, 0.25) is 10.0 Å². The number of fused-ring (bicyclic) bond motifs is 3. The summed E-state index contributed by atoms with van der Waals surface area (Å²) in [5.74, 6) is 0.111. The fourth-order valence-electron chi connectivity index (χ4n) is 4.13. The van der Waals surface area contributed by atoms with Crippen LogP contribution in [0.15, 0.2) is 41.3 Å². The van der Waals surface area contributed by atoms with Gasteiger partial charge in [-0.1, -0.05) is 18.6 Å². The molecular weight excluding hydrogens is 473 g/mol. The zero-order valence-electron chi connectivity index (χ0n) is 19.5. The van der Waals surface area contributed by atoms with Crippen molar-refractivity contribution in [2.45, 2.75) is 50.3 Å². The van der Waals surface area contributed by atoms with E-state index in [1.165, 1.54) is 18.1 Å². The molecule has 3 aromatic rings. The normalized spacial score (nSPS) is 13.1. The number of hydrogen-bond acceptors (Lipinski definition) is 6. The SMILES string of the molecule is COc1ccc(C)cc1S(=O)(=O)NCCCCCNc1nc2c(s1)CCCc1ccc(F)cc1-2. The lowest BCUT2D eigenvalue weighted by Gasteiger charge is -2.11. The van der Waals surface area contributed by atoms with Gasteiger partial charge in [0.15, 0.2) is 5.13 Å². The van der Waals surface area contributed by atoms with Crippen molar-refractivity contribution in [1.82, 2.24) is 9.71 Å². The van der Waals surface area contributed by atoms with E-state index in [4.69, 9.17) is 9.72 Å². The van der Waals surface area contributed by atoms with E-state index < -0.39 is 10.0 Å². The van der Waals surface area contributed by atoms with Crippen molar-refractivity contribution in [3.8, 4) is 17.0 Å². The lowest BCUT2D eigenvalue weighted by Crippen LogP contribution is -2.25. The van der Waals surface area contributed by atoms with Gasteiger partial charge in [-0.25, -0.2) is 22.5 Å². The van der Waals surface area contributed by atoms with Crippen LogP contribution < -0.4 is 14.8 Å². The number of aromatic nitrogens is 1. The second-order valence-corrected chi connectivity index (χ2v) is 11.3. The number of hydrogen-bond donors (Lipinski definition) is 2. The number of nitrogens with zero attached hydrogens (tertiary/aromatic N) is 1. The predicted molar refractivity (Wildman–Crippen MR) is 135 cm³/mol. The monoisotopic (exact) mass is 503 g/mol. The fourth-order valence-corrected chi connectivity index (χ4v) is 6.50. The molecule has 34 heavy (non-hydrogen) atoms. The molecule has 0 fully saturated rings. The molecule has 0 spiro atoms. The number of benzene rings is 2. The number of aryl methyl sites for hydroxylation is 3. The van der Waals surface area contributed by atoms with Crippen molar-refractivity contribution in [3.05, 3.63) is 58.2 Å². The van der Waals surface area contributed by atoms with Crippen LogP contribution in [0.1, 0.15) is 41.7 Å². The van der Waals surface area contributed by atoms with Gasteiger partial charge in [-0.05, 0) is 74.4 Å². The van der Waals surface area contributed by atoms with Crippen molar-refractivity contribution < 1.29 is 17.5 Å². The number of ether oxygens (including phenoxy) is 1. The van der Waals surface area contributed by atoms with Crippen molar-refractivity contribution in [1.29, 1.82) is 0 Å². The molecule has 4 rings (SSSR count). The zero-order chi connectivity index (χ0) is 24.1. The summed E-state index contributed by atoms with van der Waals surface area (Å²) in [6.45, 7) is 2.97. The third-order valence-corrected chi connectivity index (χ3v) is 8.46. The fraction of sp³-hybridized carbons (Fsp3) is 0.400. The van der Waals surface area contributed by atoms with E-state index in [9.17, 15) is 12.8 Å². The van der Waals surface area contributed by atoms with E-state index in [1.807, 2.05) is 19.1 Å². The van der Waals surface area contributed by atoms with Crippen LogP contribution in [0.2, 0.25) is 0 Å². The molecule has 0 saturated carbocycles. The Morgan fingerprint density at radius 3 is 2.74 bits per heavy atom. The van der Waals surface area contributed by atoms with Gasteiger partial charge in [0, 0.05) is 23.5 Å². The van der Waals surface area contributed by atoms with E-state index >= 15 is 0 Å². The minimum Gasteiger partial charge on any atom is -0.495 e. The second-order valence-electron chi connectivity index (χ2n) is 8.49. The minimum absolute atomic E-state index is 0.168. The van der Waals surface area contributed by atoms with E-state index in [0.717, 1.165) is 72.6 Å². The van der Waals surface area contributed by atoms with Crippen LogP contribution in [-0.2, 0) is 22.9 Å². The lowest BCUT2D eigenvalue weighted by molar-refractivity contribution is 0.402. The van der Waals surface area contributed by atoms with Gasteiger partial charge in [0.25, 0.3) is 0 Å². The van der Waals surface area contributed by atoms with Gasteiger partial charge in [-0.3, -0.25) is 0 Å².